The number of hydrogen-bond acceptors (Lipinski definition) is 1. The molecule has 2 N–H and O–H groups in total. The molecule has 2 aliphatic rings. The van der Waals surface area contributed by atoms with Crippen LogP contribution < -0.4 is 5.73 Å². The SMILES string of the molecule is CC1(C)CCC(CN)(CC2CCCC2)CC1. The zero-order chi connectivity index (χ0) is 11.6. The normalized spacial score (nSPS) is 29.4. The van der Waals surface area contributed by atoms with Crippen LogP contribution in [-0.4, -0.2) is 6.54 Å². The van der Waals surface area contributed by atoms with Gasteiger partial charge < -0.3 is 5.73 Å². The molecule has 0 spiro atoms. The fourth-order valence-corrected chi connectivity index (χ4v) is 3.78. The van der Waals surface area contributed by atoms with Crippen LogP contribution in [0.5, 0.6) is 0 Å². The van der Waals surface area contributed by atoms with Gasteiger partial charge >= 0.3 is 0 Å². The molecule has 0 radical (unpaired) electrons. The summed E-state index contributed by atoms with van der Waals surface area (Å²) in [6.07, 6.45) is 12.9. The molecule has 16 heavy (non-hydrogen) atoms. The summed E-state index contributed by atoms with van der Waals surface area (Å²) in [5.41, 5.74) is 7.20. The second-order valence-corrected chi connectivity index (χ2v) is 7.22. The van der Waals surface area contributed by atoms with E-state index in [-0.39, 0.29) is 0 Å². The highest BCUT2D eigenvalue weighted by atomic mass is 14.6. The third kappa shape index (κ3) is 2.80. The first-order valence-electron chi connectivity index (χ1n) is 7.25. The summed E-state index contributed by atoms with van der Waals surface area (Å²) < 4.78 is 0. The molecule has 1 heteroatoms. The van der Waals surface area contributed by atoms with E-state index in [2.05, 4.69) is 13.8 Å². The molecule has 0 bridgehead atoms. The van der Waals surface area contributed by atoms with Crippen LogP contribution >= 0.6 is 0 Å². The zero-order valence-corrected chi connectivity index (χ0v) is 11.2. The van der Waals surface area contributed by atoms with Crippen molar-refractivity contribution in [1.82, 2.24) is 0 Å². The maximum Gasteiger partial charge on any atom is -0.00204 e. The first kappa shape index (κ1) is 12.4. The summed E-state index contributed by atoms with van der Waals surface area (Å²) in [6.45, 7) is 5.77. The third-order valence-corrected chi connectivity index (χ3v) is 5.29. The van der Waals surface area contributed by atoms with E-state index in [0.717, 1.165) is 12.5 Å². The Labute approximate surface area is 101 Å². The van der Waals surface area contributed by atoms with E-state index in [1.165, 1.54) is 57.8 Å². The zero-order valence-electron chi connectivity index (χ0n) is 11.2. The molecule has 0 aromatic carbocycles. The summed E-state index contributed by atoms with van der Waals surface area (Å²) >= 11 is 0. The van der Waals surface area contributed by atoms with Gasteiger partial charge in [0.1, 0.15) is 0 Å². The molecule has 0 amide bonds. The molecule has 1 nitrogen and oxygen atoms in total. The number of nitrogens with two attached hydrogens (primary N) is 1. The Hall–Kier alpha value is -0.0400. The Morgan fingerprint density at radius 1 is 1.00 bits per heavy atom. The first-order chi connectivity index (χ1) is 7.55. The average Bonchev–Trinajstić information content (AvgIpc) is 2.74. The predicted molar refractivity (Wildman–Crippen MR) is 70.3 cm³/mol. The Bertz CT molecular complexity index is 216. The summed E-state index contributed by atoms with van der Waals surface area (Å²) in [7, 11) is 0. The molecular weight excluding hydrogens is 194 g/mol. The van der Waals surface area contributed by atoms with E-state index in [1.807, 2.05) is 0 Å². The fraction of sp³-hybridized carbons (Fsp3) is 1.00. The highest BCUT2D eigenvalue weighted by Crippen LogP contribution is 2.49. The Balaban J connectivity index is 1.92. The summed E-state index contributed by atoms with van der Waals surface area (Å²) in [5, 5.41) is 0. The quantitative estimate of drug-likeness (QED) is 0.765. The van der Waals surface area contributed by atoms with Gasteiger partial charge in [0.2, 0.25) is 0 Å². The Morgan fingerprint density at radius 3 is 2.06 bits per heavy atom. The molecule has 0 heterocycles. The number of rotatable bonds is 3. The maximum absolute atomic E-state index is 6.10. The standard InChI is InChI=1S/C15H29N/c1-14(2)7-9-15(12-16,10-8-14)11-13-5-3-4-6-13/h13H,3-12,16H2,1-2H3. The van der Waals surface area contributed by atoms with Crippen molar-refractivity contribution in [3.05, 3.63) is 0 Å². The van der Waals surface area contributed by atoms with Gasteiger partial charge in [0.05, 0.1) is 0 Å². The van der Waals surface area contributed by atoms with E-state index in [1.54, 1.807) is 0 Å². The Morgan fingerprint density at radius 2 is 1.56 bits per heavy atom. The van der Waals surface area contributed by atoms with Crippen molar-refractivity contribution in [1.29, 1.82) is 0 Å². The van der Waals surface area contributed by atoms with Crippen molar-refractivity contribution < 1.29 is 0 Å². The van der Waals surface area contributed by atoms with E-state index >= 15 is 0 Å². The molecule has 0 aliphatic heterocycles. The predicted octanol–water partition coefficient (Wildman–Crippen LogP) is 4.11. The molecule has 2 fully saturated rings. The third-order valence-electron chi connectivity index (χ3n) is 5.29. The molecular formula is C15H29N. The smallest absolute Gasteiger partial charge is 0.00204 e. The van der Waals surface area contributed by atoms with Crippen LogP contribution in [0.15, 0.2) is 0 Å². The van der Waals surface area contributed by atoms with E-state index in [0.29, 0.717) is 10.8 Å². The second-order valence-electron chi connectivity index (χ2n) is 7.22. The lowest BCUT2D eigenvalue weighted by atomic mass is 9.62. The van der Waals surface area contributed by atoms with Crippen LogP contribution in [0.25, 0.3) is 0 Å². The minimum absolute atomic E-state index is 0.518. The Kier molecular flexibility index (Phi) is 3.63. The molecule has 2 aliphatic carbocycles. The molecule has 2 rings (SSSR count). The lowest BCUT2D eigenvalue weighted by molar-refractivity contribution is 0.0832. The molecule has 94 valence electrons. The summed E-state index contributed by atoms with van der Waals surface area (Å²) in [5.74, 6) is 1.00. The summed E-state index contributed by atoms with van der Waals surface area (Å²) in [6, 6.07) is 0. The lowest BCUT2D eigenvalue weighted by Crippen LogP contribution is -2.38. The molecule has 0 unspecified atom stereocenters. The van der Waals surface area contributed by atoms with Gasteiger partial charge in [0.15, 0.2) is 0 Å². The fourth-order valence-electron chi connectivity index (χ4n) is 3.78. The molecule has 0 aromatic rings. The first-order valence-corrected chi connectivity index (χ1v) is 7.25. The van der Waals surface area contributed by atoms with Crippen molar-refractivity contribution in [3.63, 3.8) is 0 Å². The van der Waals surface area contributed by atoms with Gasteiger partial charge in [-0.05, 0) is 55.4 Å². The van der Waals surface area contributed by atoms with Gasteiger partial charge in [0, 0.05) is 0 Å². The van der Waals surface area contributed by atoms with E-state index in [9.17, 15) is 0 Å². The maximum atomic E-state index is 6.10. The average molecular weight is 223 g/mol. The van der Waals surface area contributed by atoms with Crippen LogP contribution in [0, 0.1) is 16.7 Å². The largest absolute Gasteiger partial charge is 0.330 e. The monoisotopic (exact) mass is 223 g/mol. The van der Waals surface area contributed by atoms with E-state index < -0.39 is 0 Å². The highest BCUT2D eigenvalue weighted by Gasteiger charge is 2.39. The van der Waals surface area contributed by atoms with Gasteiger partial charge in [-0.25, -0.2) is 0 Å². The van der Waals surface area contributed by atoms with Gasteiger partial charge in [-0.2, -0.15) is 0 Å². The van der Waals surface area contributed by atoms with Crippen LogP contribution in [0.1, 0.15) is 71.6 Å². The van der Waals surface area contributed by atoms with Crippen molar-refractivity contribution >= 4 is 0 Å². The molecule has 2 saturated carbocycles. The topological polar surface area (TPSA) is 26.0 Å². The second kappa shape index (κ2) is 4.68. The van der Waals surface area contributed by atoms with Crippen molar-refractivity contribution in [2.75, 3.05) is 6.54 Å². The van der Waals surface area contributed by atoms with E-state index in [4.69, 9.17) is 5.73 Å². The number of hydrogen-bond donors (Lipinski definition) is 1. The summed E-state index contributed by atoms with van der Waals surface area (Å²) in [4.78, 5) is 0. The minimum Gasteiger partial charge on any atom is -0.330 e. The van der Waals surface area contributed by atoms with Gasteiger partial charge in [-0.1, -0.05) is 39.5 Å². The molecule has 0 atom stereocenters. The van der Waals surface area contributed by atoms with Gasteiger partial charge in [0.25, 0.3) is 0 Å². The minimum atomic E-state index is 0.518. The molecule has 0 saturated heterocycles. The van der Waals surface area contributed by atoms with Crippen molar-refractivity contribution in [2.45, 2.75) is 71.6 Å². The van der Waals surface area contributed by atoms with Crippen molar-refractivity contribution in [3.8, 4) is 0 Å². The van der Waals surface area contributed by atoms with Gasteiger partial charge in [-0.15, -0.1) is 0 Å². The molecule has 0 aromatic heterocycles. The van der Waals surface area contributed by atoms with Crippen LogP contribution in [-0.2, 0) is 0 Å². The van der Waals surface area contributed by atoms with Gasteiger partial charge in [-0.3, -0.25) is 0 Å². The van der Waals surface area contributed by atoms with Crippen molar-refractivity contribution in [2.24, 2.45) is 22.5 Å². The van der Waals surface area contributed by atoms with Crippen LogP contribution in [0.3, 0.4) is 0 Å². The van der Waals surface area contributed by atoms with Crippen LogP contribution in [0.4, 0.5) is 0 Å². The van der Waals surface area contributed by atoms with Crippen LogP contribution in [0.2, 0.25) is 0 Å². The lowest BCUT2D eigenvalue weighted by Gasteiger charge is -2.44. The highest BCUT2D eigenvalue weighted by molar-refractivity contribution is 4.91.